The van der Waals surface area contributed by atoms with E-state index in [-0.39, 0.29) is 10.8 Å². The Kier molecular flexibility index (Phi) is 5.88. The highest BCUT2D eigenvalue weighted by Crippen LogP contribution is 2.20. The first-order valence-corrected chi connectivity index (χ1v) is 8.26. The highest BCUT2D eigenvalue weighted by Gasteiger charge is 2.18. The Morgan fingerprint density at radius 1 is 1.33 bits per heavy atom. The largest absolute Gasteiger partial charge is 0.325 e. The molecular formula is C14H23N3O3S. The predicted octanol–water partition coefficient (Wildman–Crippen LogP) is 1.22. The number of sulfonamides is 1. The summed E-state index contributed by atoms with van der Waals surface area (Å²) in [5.74, 6) is -0.00985. The zero-order chi connectivity index (χ0) is 16.2. The van der Waals surface area contributed by atoms with E-state index in [9.17, 15) is 13.2 Å². The fraction of sp³-hybridized carbons (Fsp3) is 0.500. The molecule has 118 valence electrons. The van der Waals surface area contributed by atoms with Crippen molar-refractivity contribution in [2.75, 3.05) is 12.4 Å². The van der Waals surface area contributed by atoms with Crippen LogP contribution >= 0.6 is 0 Å². The summed E-state index contributed by atoms with van der Waals surface area (Å²) >= 11 is 0. The van der Waals surface area contributed by atoms with Gasteiger partial charge in [-0.3, -0.25) is 4.79 Å². The summed E-state index contributed by atoms with van der Waals surface area (Å²) in [6, 6.07) is 4.12. The molecule has 0 aliphatic carbocycles. The van der Waals surface area contributed by atoms with Gasteiger partial charge in [0, 0.05) is 5.69 Å². The van der Waals surface area contributed by atoms with Gasteiger partial charge in [0.2, 0.25) is 15.9 Å². The molecular weight excluding hydrogens is 290 g/mol. The molecule has 0 spiro atoms. The van der Waals surface area contributed by atoms with Gasteiger partial charge < -0.3 is 11.1 Å². The number of nitrogens with one attached hydrogen (secondary N) is 2. The van der Waals surface area contributed by atoms with E-state index < -0.39 is 16.1 Å². The number of aryl methyl sites for hydroxylation is 1. The third kappa shape index (κ3) is 4.80. The first-order chi connectivity index (χ1) is 9.67. The molecule has 0 aliphatic heterocycles. The van der Waals surface area contributed by atoms with Gasteiger partial charge in [0.1, 0.15) is 0 Å². The molecule has 4 N–H and O–H groups in total. The van der Waals surface area contributed by atoms with Crippen LogP contribution in [0.25, 0.3) is 0 Å². The second-order valence-electron chi connectivity index (χ2n) is 5.41. The van der Waals surface area contributed by atoms with E-state index in [1.54, 1.807) is 19.1 Å². The lowest BCUT2D eigenvalue weighted by molar-refractivity contribution is -0.117. The van der Waals surface area contributed by atoms with Gasteiger partial charge in [0.05, 0.1) is 10.9 Å². The number of carbonyl (C=O) groups excluding carboxylic acids is 1. The van der Waals surface area contributed by atoms with Crippen LogP contribution in [0.1, 0.15) is 25.8 Å². The van der Waals surface area contributed by atoms with Gasteiger partial charge in [-0.25, -0.2) is 13.1 Å². The van der Waals surface area contributed by atoms with Crippen LogP contribution in [0.3, 0.4) is 0 Å². The molecule has 0 saturated carbocycles. The first-order valence-electron chi connectivity index (χ1n) is 6.78. The molecule has 1 atom stereocenters. The lowest BCUT2D eigenvalue weighted by atomic mass is 10.0. The summed E-state index contributed by atoms with van der Waals surface area (Å²) < 4.78 is 26.0. The van der Waals surface area contributed by atoms with E-state index >= 15 is 0 Å². The third-order valence-electron chi connectivity index (χ3n) is 3.08. The van der Waals surface area contributed by atoms with Gasteiger partial charge in [0.25, 0.3) is 0 Å². The Balaban J connectivity index is 2.96. The van der Waals surface area contributed by atoms with E-state index in [0.717, 1.165) is 0 Å². The van der Waals surface area contributed by atoms with Crippen LogP contribution in [-0.4, -0.2) is 27.4 Å². The molecule has 0 aromatic heterocycles. The standard InChI is InChI=1S/C14H23N3O3S/c1-9(2)7-12(15)14(18)17-11-6-5-10(3)13(8-11)21(19,20)16-4/h5-6,8-9,12,16H,7,15H2,1-4H3,(H,17,18)/t12-/m0/s1. The summed E-state index contributed by atoms with van der Waals surface area (Å²) in [6.45, 7) is 5.66. The number of hydrogen-bond acceptors (Lipinski definition) is 4. The molecule has 1 aromatic carbocycles. The van der Waals surface area contributed by atoms with E-state index in [2.05, 4.69) is 10.0 Å². The Morgan fingerprint density at radius 2 is 1.95 bits per heavy atom. The van der Waals surface area contributed by atoms with Crippen molar-refractivity contribution in [3.8, 4) is 0 Å². The van der Waals surface area contributed by atoms with Gasteiger partial charge in [0.15, 0.2) is 0 Å². The topological polar surface area (TPSA) is 101 Å². The van der Waals surface area contributed by atoms with Crippen LogP contribution < -0.4 is 15.8 Å². The third-order valence-corrected chi connectivity index (χ3v) is 4.63. The maximum atomic E-state index is 12.0. The minimum absolute atomic E-state index is 0.139. The van der Waals surface area contributed by atoms with Gasteiger partial charge in [-0.1, -0.05) is 19.9 Å². The van der Waals surface area contributed by atoms with E-state index in [0.29, 0.717) is 23.6 Å². The number of rotatable bonds is 6. The predicted molar refractivity (Wildman–Crippen MR) is 83.5 cm³/mol. The van der Waals surface area contributed by atoms with Gasteiger partial charge in [-0.05, 0) is 44.0 Å². The number of amides is 1. The van der Waals surface area contributed by atoms with E-state index in [1.165, 1.54) is 13.1 Å². The van der Waals surface area contributed by atoms with Crippen molar-refractivity contribution in [1.82, 2.24) is 4.72 Å². The van der Waals surface area contributed by atoms with Crippen LogP contribution in [0, 0.1) is 12.8 Å². The normalized spacial score (nSPS) is 13.2. The van der Waals surface area contributed by atoms with Crippen molar-refractivity contribution in [3.63, 3.8) is 0 Å². The van der Waals surface area contributed by atoms with Gasteiger partial charge in [-0.2, -0.15) is 0 Å². The lowest BCUT2D eigenvalue weighted by Crippen LogP contribution is -2.36. The van der Waals surface area contributed by atoms with Gasteiger partial charge >= 0.3 is 0 Å². The maximum Gasteiger partial charge on any atom is 0.241 e. The first kappa shape index (κ1) is 17.6. The second-order valence-corrected chi connectivity index (χ2v) is 7.27. The van der Waals surface area contributed by atoms with Crippen LogP contribution in [0.2, 0.25) is 0 Å². The minimum atomic E-state index is -3.56. The summed E-state index contributed by atoms with van der Waals surface area (Å²) in [7, 11) is -2.21. The molecule has 0 saturated heterocycles. The lowest BCUT2D eigenvalue weighted by Gasteiger charge is -2.15. The molecule has 0 radical (unpaired) electrons. The molecule has 0 aliphatic rings. The van der Waals surface area contributed by atoms with Crippen LogP contribution in [0.5, 0.6) is 0 Å². The number of anilines is 1. The highest BCUT2D eigenvalue weighted by molar-refractivity contribution is 7.89. The molecule has 21 heavy (non-hydrogen) atoms. The number of carbonyl (C=O) groups is 1. The summed E-state index contributed by atoms with van der Waals surface area (Å²) in [6.07, 6.45) is 0.569. The molecule has 7 heteroatoms. The van der Waals surface area contributed by atoms with Crippen LogP contribution in [0.4, 0.5) is 5.69 Å². The minimum Gasteiger partial charge on any atom is -0.325 e. The number of benzene rings is 1. The average molecular weight is 313 g/mol. The summed E-state index contributed by atoms with van der Waals surface area (Å²) in [5, 5.41) is 2.65. The van der Waals surface area contributed by atoms with Crippen LogP contribution in [-0.2, 0) is 14.8 Å². The van der Waals surface area contributed by atoms with E-state index in [1.807, 2.05) is 13.8 Å². The Labute approximate surface area is 126 Å². The zero-order valence-electron chi connectivity index (χ0n) is 12.8. The molecule has 0 heterocycles. The number of hydrogen-bond donors (Lipinski definition) is 3. The van der Waals surface area contributed by atoms with E-state index in [4.69, 9.17) is 5.73 Å². The fourth-order valence-electron chi connectivity index (χ4n) is 1.93. The molecule has 1 amide bonds. The number of nitrogens with two attached hydrogens (primary N) is 1. The SMILES string of the molecule is CNS(=O)(=O)c1cc(NC(=O)[C@@H](N)CC(C)C)ccc1C. The Bertz CT molecular complexity index is 612. The highest BCUT2D eigenvalue weighted by atomic mass is 32.2. The second kappa shape index (κ2) is 7.02. The molecule has 0 bridgehead atoms. The molecule has 1 aromatic rings. The average Bonchev–Trinajstić information content (AvgIpc) is 2.39. The Hall–Kier alpha value is -1.44. The summed E-state index contributed by atoms with van der Waals surface area (Å²) in [4.78, 5) is 12.1. The molecule has 0 unspecified atom stereocenters. The van der Waals surface area contributed by atoms with Gasteiger partial charge in [-0.15, -0.1) is 0 Å². The van der Waals surface area contributed by atoms with Crippen molar-refractivity contribution in [2.24, 2.45) is 11.7 Å². The van der Waals surface area contributed by atoms with Crippen LogP contribution in [0.15, 0.2) is 23.1 Å². The quantitative estimate of drug-likeness (QED) is 0.735. The maximum absolute atomic E-state index is 12.0. The zero-order valence-corrected chi connectivity index (χ0v) is 13.6. The molecule has 0 fully saturated rings. The molecule has 1 rings (SSSR count). The van der Waals surface area contributed by atoms with Crippen molar-refractivity contribution in [3.05, 3.63) is 23.8 Å². The summed E-state index contributed by atoms with van der Waals surface area (Å²) in [5.41, 5.74) is 6.82. The van der Waals surface area contributed by atoms with Crippen molar-refractivity contribution in [2.45, 2.75) is 38.1 Å². The van der Waals surface area contributed by atoms with Crippen molar-refractivity contribution in [1.29, 1.82) is 0 Å². The smallest absolute Gasteiger partial charge is 0.241 e. The van der Waals surface area contributed by atoms with Crippen molar-refractivity contribution < 1.29 is 13.2 Å². The van der Waals surface area contributed by atoms with Crippen molar-refractivity contribution >= 4 is 21.6 Å². The molecule has 6 nitrogen and oxygen atoms in total. The Morgan fingerprint density at radius 3 is 2.48 bits per heavy atom. The fourth-order valence-corrected chi connectivity index (χ4v) is 2.92. The monoisotopic (exact) mass is 313 g/mol.